The molecule has 1 saturated carbocycles. The molecule has 0 atom stereocenters. The topological polar surface area (TPSA) is 136 Å². The van der Waals surface area contributed by atoms with Crippen molar-refractivity contribution in [3.05, 3.63) is 29.5 Å². The highest BCUT2D eigenvalue weighted by molar-refractivity contribution is 7.99. The molecule has 0 radical (unpaired) electrons. The summed E-state index contributed by atoms with van der Waals surface area (Å²) in [5.74, 6) is 0.607. The van der Waals surface area contributed by atoms with Gasteiger partial charge in [0.2, 0.25) is 15.2 Å². The van der Waals surface area contributed by atoms with E-state index in [1.807, 2.05) is 6.07 Å². The van der Waals surface area contributed by atoms with Crippen molar-refractivity contribution in [1.29, 1.82) is 5.26 Å². The minimum Gasteiger partial charge on any atom is -0.384 e. The summed E-state index contributed by atoms with van der Waals surface area (Å²) in [7, 11) is -2.44. The van der Waals surface area contributed by atoms with Crippen molar-refractivity contribution in [2.75, 3.05) is 19.5 Å². The van der Waals surface area contributed by atoms with Gasteiger partial charge in [-0.25, -0.2) is 27.2 Å². The van der Waals surface area contributed by atoms with Gasteiger partial charge in [0.1, 0.15) is 16.9 Å². The van der Waals surface area contributed by atoms with Crippen LogP contribution >= 0.6 is 23.1 Å². The number of nitrogens with one attached hydrogen (secondary N) is 1. The molecule has 3 aromatic heterocycles. The fourth-order valence-corrected chi connectivity index (χ4v) is 6.58. The van der Waals surface area contributed by atoms with Gasteiger partial charge in [0.25, 0.3) is 6.43 Å². The first kappa shape index (κ1) is 23.9. The van der Waals surface area contributed by atoms with Crippen LogP contribution in [0.2, 0.25) is 0 Å². The van der Waals surface area contributed by atoms with Gasteiger partial charge >= 0.3 is 0 Å². The van der Waals surface area contributed by atoms with Crippen molar-refractivity contribution in [2.24, 2.45) is 0 Å². The smallest absolute Gasteiger partial charge is 0.291 e. The Morgan fingerprint density at radius 1 is 1.34 bits per heavy atom. The van der Waals surface area contributed by atoms with Crippen LogP contribution < -0.4 is 4.72 Å². The molecule has 4 aromatic rings. The first-order valence-electron chi connectivity index (χ1n) is 10.3. The van der Waals surface area contributed by atoms with Crippen LogP contribution in [0.5, 0.6) is 0 Å². The van der Waals surface area contributed by atoms with Crippen molar-refractivity contribution in [3.8, 4) is 11.2 Å². The number of nitrogens with zero attached hydrogens (tertiary/aromatic N) is 6. The van der Waals surface area contributed by atoms with Gasteiger partial charge in [-0.15, -0.1) is 22.0 Å². The van der Waals surface area contributed by atoms with Crippen LogP contribution in [0.25, 0.3) is 27.1 Å². The third kappa shape index (κ3) is 4.36. The molecule has 3 heterocycles. The Hall–Kier alpha value is -2.77. The molecule has 35 heavy (non-hydrogen) atoms. The molecule has 1 aromatic carbocycles. The van der Waals surface area contributed by atoms with Crippen molar-refractivity contribution in [3.63, 3.8) is 0 Å². The number of benzene rings is 1. The summed E-state index contributed by atoms with van der Waals surface area (Å²) in [4.78, 5) is 8.66. The molecule has 15 heteroatoms. The first-order valence-corrected chi connectivity index (χ1v) is 13.6. The number of nitriles is 1. The Morgan fingerprint density at radius 3 is 2.80 bits per heavy atom. The monoisotopic (exact) mass is 537 g/mol. The van der Waals surface area contributed by atoms with Gasteiger partial charge < -0.3 is 4.74 Å². The highest BCUT2D eigenvalue weighted by Crippen LogP contribution is 2.39. The largest absolute Gasteiger partial charge is 0.384 e. The molecule has 0 amide bonds. The number of rotatable bonds is 9. The van der Waals surface area contributed by atoms with Crippen molar-refractivity contribution >= 4 is 55.1 Å². The predicted molar refractivity (Wildman–Crippen MR) is 125 cm³/mol. The number of sulfonamides is 1. The zero-order valence-electron chi connectivity index (χ0n) is 18.1. The molecule has 0 saturated heterocycles. The van der Waals surface area contributed by atoms with Crippen LogP contribution in [0.15, 0.2) is 34.4 Å². The molecule has 0 bridgehead atoms. The standard InChI is InChI=1S/C20H17F2N7O3S3/c1-32-6-7-33-17-14-12-3-2-11(35(30,31)28-20(9-23)4-5-20)8-13(12)29(16(14)24-10-25-17)19-27-26-18(34-19)15(21)22/h2-3,8,10,15,28H,4-7H2,1H3. The number of halogens is 2. The van der Waals surface area contributed by atoms with Crippen LogP contribution in [0.1, 0.15) is 24.3 Å². The Labute approximate surface area is 206 Å². The fraction of sp³-hybridized carbons (Fsp3) is 0.350. The van der Waals surface area contributed by atoms with E-state index in [0.717, 1.165) is 0 Å². The fourth-order valence-electron chi connectivity index (χ4n) is 3.56. The molecule has 1 N–H and O–H groups in total. The highest BCUT2D eigenvalue weighted by Gasteiger charge is 2.46. The lowest BCUT2D eigenvalue weighted by Gasteiger charge is -2.10. The summed E-state index contributed by atoms with van der Waals surface area (Å²) < 4.78 is 61.7. The van der Waals surface area contributed by atoms with Crippen LogP contribution in [0.3, 0.4) is 0 Å². The molecule has 182 valence electrons. The number of methoxy groups -OCH3 is 1. The van der Waals surface area contributed by atoms with Gasteiger partial charge in [0.05, 0.1) is 28.5 Å². The van der Waals surface area contributed by atoms with Crippen LogP contribution in [-0.4, -0.2) is 58.2 Å². The molecule has 10 nitrogen and oxygen atoms in total. The van der Waals surface area contributed by atoms with Gasteiger partial charge in [-0.1, -0.05) is 17.4 Å². The number of alkyl halides is 2. The summed E-state index contributed by atoms with van der Waals surface area (Å²) in [6, 6.07) is 6.47. The lowest BCUT2D eigenvalue weighted by molar-refractivity contribution is 0.150. The summed E-state index contributed by atoms with van der Waals surface area (Å²) in [5, 5.41) is 18.3. The van der Waals surface area contributed by atoms with E-state index in [9.17, 15) is 22.5 Å². The van der Waals surface area contributed by atoms with E-state index in [-0.39, 0.29) is 10.0 Å². The van der Waals surface area contributed by atoms with Crippen LogP contribution in [0, 0.1) is 11.3 Å². The summed E-state index contributed by atoms with van der Waals surface area (Å²) in [5.41, 5.74) is -0.330. The van der Waals surface area contributed by atoms with E-state index in [0.29, 0.717) is 63.5 Å². The van der Waals surface area contributed by atoms with E-state index in [1.165, 1.54) is 34.8 Å². The zero-order chi connectivity index (χ0) is 24.8. The second-order valence-corrected chi connectivity index (χ2v) is 11.5. The van der Waals surface area contributed by atoms with E-state index in [1.54, 1.807) is 13.2 Å². The zero-order valence-corrected chi connectivity index (χ0v) is 20.6. The number of thioether (sulfide) groups is 1. The number of fused-ring (bicyclic) bond motifs is 3. The Morgan fingerprint density at radius 2 is 2.14 bits per heavy atom. The lowest BCUT2D eigenvalue weighted by Crippen LogP contribution is -2.35. The van der Waals surface area contributed by atoms with Gasteiger partial charge in [-0.3, -0.25) is 4.57 Å². The minimum atomic E-state index is -4.03. The SMILES string of the molecule is COCCSc1ncnc2c1c1ccc(S(=O)(=O)NC3(C#N)CC3)cc1n2-c1nnc(C(F)F)s1. The molecule has 1 aliphatic carbocycles. The van der Waals surface area contributed by atoms with Gasteiger partial charge in [0.15, 0.2) is 10.7 Å². The van der Waals surface area contributed by atoms with Gasteiger partial charge in [-0.05, 0) is 25.0 Å². The van der Waals surface area contributed by atoms with Crippen molar-refractivity contribution < 1.29 is 21.9 Å². The maximum atomic E-state index is 13.2. The van der Waals surface area contributed by atoms with E-state index >= 15 is 0 Å². The first-order chi connectivity index (χ1) is 16.8. The van der Waals surface area contributed by atoms with E-state index in [2.05, 4.69) is 24.9 Å². The lowest BCUT2D eigenvalue weighted by atomic mass is 10.2. The molecule has 1 aliphatic rings. The molecular formula is C20H17F2N7O3S3. The summed E-state index contributed by atoms with van der Waals surface area (Å²) in [6.07, 6.45) is -0.580. The van der Waals surface area contributed by atoms with Gasteiger partial charge in [-0.2, -0.15) is 9.98 Å². The summed E-state index contributed by atoms with van der Waals surface area (Å²) in [6.45, 7) is 0.484. The summed E-state index contributed by atoms with van der Waals surface area (Å²) >= 11 is 2.12. The average molecular weight is 538 g/mol. The second kappa shape index (κ2) is 9.03. The molecule has 5 rings (SSSR count). The molecule has 0 spiro atoms. The van der Waals surface area contributed by atoms with Crippen molar-refractivity contribution in [2.45, 2.75) is 34.7 Å². The third-order valence-electron chi connectivity index (χ3n) is 5.42. The van der Waals surface area contributed by atoms with Crippen LogP contribution in [-0.2, 0) is 14.8 Å². The number of hydrogen-bond donors (Lipinski definition) is 1. The number of hydrogen-bond acceptors (Lipinski definition) is 10. The van der Waals surface area contributed by atoms with E-state index < -0.39 is 27.0 Å². The maximum absolute atomic E-state index is 13.2. The molecule has 0 aliphatic heterocycles. The Bertz CT molecular complexity index is 1580. The average Bonchev–Trinajstić information content (AvgIpc) is 3.27. The maximum Gasteiger partial charge on any atom is 0.291 e. The third-order valence-corrected chi connectivity index (χ3v) is 8.83. The number of ether oxygens (including phenoxy) is 1. The molecule has 0 unspecified atom stereocenters. The normalized spacial score (nSPS) is 15.2. The molecule has 1 fully saturated rings. The van der Waals surface area contributed by atoms with Crippen molar-refractivity contribution in [1.82, 2.24) is 29.5 Å². The van der Waals surface area contributed by atoms with E-state index in [4.69, 9.17) is 4.74 Å². The molecular weight excluding hydrogens is 520 g/mol. The van der Waals surface area contributed by atoms with Crippen LogP contribution in [0.4, 0.5) is 8.78 Å². The Kier molecular flexibility index (Phi) is 6.18. The Balaban J connectivity index is 1.73. The quantitative estimate of drug-likeness (QED) is 0.193. The minimum absolute atomic E-state index is 0.0734. The van der Waals surface area contributed by atoms with Gasteiger partial charge in [0, 0.05) is 18.2 Å². The number of aromatic nitrogens is 5. The second-order valence-electron chi connectivity index (χ2n) is 7.76. The highest BCUT2D eigenvalue weighted by atomic mass is 32.2. The predicted octanol–water partition coefficient (Wildman–Crippen LogP) is 3.44.